The van der Waals surface area contributed by atoms with Crippen LogP contribution in [-0.2, 0) is 6.42 Å². The zero-order chi connectivity index (χ0) is 9.42. The van der Waals surface area contributed by atoms with Crippen LogP contribution in [0.3, 0.4) is 0 Å². The van der Waals surface area contributed by atoms with Gasteiger partial charge in [-0.1, -0.05) is 6.92 Å². The second-order valence-electron chi connectivity index (χ2n) is 2.92. The Morgan fingerprint density at radius 3 is 2.92 bits per heavy atom. The lowest BCUT2D eigenvalue weighted by Gasteiger charge is -2.01. The molecule has 0 aliphatic carbocycles. The second kappa shape index (κ2) is 3.46. The van der Waals surface area contributed by atoms with E-state index in [9.17, 15) is 5.11 Å². The van der Waals surface area contributed by atoms with Gasteiger partial charge >= 0.3 is 0 Å². The summed E-state index contributed by atoms with van der Waals surface area (Å²) < 4.78 is 2.47. The third-order valence-corrected chi connectivity index (χ3v) is 4.28. The molecule has 1 nitrogen and oxygen atoms in total. The van der Waals surface area contributed by atoms with Crippen LogP contribution in [0.5, 0.6) is 5.75 Å². The molecular weight excluding hydrogens is 295 g/mol. The van der Waals surface area contributed by atoms with Crippen LogP contribution in [-0.4, -0.2) is 5.11 Å². The predicted molar refractivity (Wildman–Crippen MR) is 65.6 cm³/mol. The third-order valence-electron chi connectivity index (χ3n) is 2.08. The molecule has 0 saturated carbocycles. The molecule has 3 heteroatoms. The molecule has 1 N–H and O–H groups in total. The Morgan fingerprint density at radius 1 is 1.46 bits per heavy atom. The number of phenolic OH excluding ortho intramolecular Hbond substituents is 1. The van der Waals surface area contributed by atoms with Crippen molar-refractivity contribution in [2.24, 2.45) is 0 Å². The average Bonchev–Trinajstić information content (AvgIpc) is 2.46. The van der Waals surface area contributed by atoms with Crippen molar-refractivity contribution >= 4 is 44.0 Å². The van der Waals surface area contributed by atoms with Gasteiger partial charge in [-0.05, 0) is 46.7 Å². The number of halogens is 1. The van der Waals surface area contributed by atoms with Crippen LogP contribution in [0.25, 0.3) is 10.1 Å². The van der Waals surface area contributed by atoms with Gasteiger partial charge in [0.25, 0.3) is 0 Å². The molecule has 68 valence electrons. The molecule has 0 aliphatic rings. The van der Waals surface area contributed by atoms with Gasteiger partial charge in [0.15, 0.2) is 0 Å². The molecule has 0 atom stereocenters. The van der Waals surface area contributed by atoms with Gasteiger partial charge in [0.1, 0.15) is 5.75 Å². The van der Waals surface area contributed by atoms with Gasteiger partial charge in [0.05, 0.1) is 0 Å². The maximum absolute atomic E-state index is 9.46. The Kier molecular flexibility index (Phi) is 2.47. The first-order valence-corrected chi connectivity index (χ1v) is 6.06. The Balaban J connectivity index is 2.85. The molecule has 1 aromatic carbocycles. The Hall–Kier alpha value is -0.290. The molecule has 0 saturated heterocycles. The first kappa shape index (κ1) is 9.27. The van der Waals surface area contributed by atoms with E-state index in [4.69, 9.17) is 0 Å². The molecule has 0 radical (unpaired) electrons. The minimum atomic E-state index is 0.377. The van der Waals surface area contributed by atoms with Gasteiger partial charge in [0, 0.05) is 19.0 Å². The van der Waals surface area contributed by atoms with E-state index in [0.29, 0.717) is 5.75 Å². The topological polar surface area (TPSA) is 20.2 Å². The highest BCUT2D eigenvalue weighted by Gasteiger charge is 2.07. The quantitative estimate of drug-likeness (QED) is 0.795. The normalized spacial score (nSPS) is 10.9. The number of fused-ring (bicyclic) bond motifs is 1. The van der Waals surface area contributed by atoms with Crippen LogP contribution < -0.4 is 0 Å². The Morgan fingerprint density at radius 2 is 2.23 bits per heavy atom. The van der Waals surface area contributed by atoms with Crippen molar-refractivity contribution in [1.82, 2.24) is 0 Å². The van der Waals surface area contributed by atoms with E-state index in [-0.39, 0.29) is 0 Å². The smallest absolute Gasteiger partial charge is 0.117 e. The molecule has 0 fully saturated rings. The molecule has 2 aromatic rings. The van der Waals surface area contributed by atoms with Crippen molar-refractivity contribution in [2.75, 3.05) is 0 Å². The molecule has 2 rings (SSSR count). The highest BCUT2D eigenvalue weighted by molar-refractivity contribution is 14.1. The van der Waals surface area contributed by atoms with Gasteiger partial charge in [-0.3, -0.25) is 0 Å². The van der Waals surface area contributed by atoms with Crippen LogP contribution in [0.4, 0.5) is 0 Å². The fraction of sp³-hybridized carbons (Fsp3) is 0.200. The van der Waals surface area contributed by atoms with E-state index in [0.717, 1.165) is 6.42 Å². The highest BCUT2D eigenvalue weighted by Crippen LogP contribution is 2.33. The number of thiophene rings is 1. The number of benzene rings is 1. The van der Waals surface area contributed by atoms with Gasteiger partial charge in [-0.25, -0.2) is 0 Å². The van der Waals surface area contributed by atoms with E-state index in [1.165, 1.54) is 19.2 Å². The summed E-state index contributed by atoms with van der Waals surface area (Å²) in [4.78, 5) is 0. The lowest BCUT2D eigenvalue weighted by Crippen LogP contribution is -1.82. The first-order chi connectivity index (χ1) is 6.22. The lowest BCUT2D eigenvalue weighted by atomic mass is 10.1. The van der Waals surface area contributed by atoms with Crippen molar-refractivity contribution < 1.29 is 5.11 Å². The second-order valence-corrected chi connectivity index (χ2v) is 4.99. The van der Waals surface area contributed by atoms with Crippen molar-refractivity contribution in [3.63, 3.8) is 0 Å². The van der Waals surface area contributed by atoms with Crippen LogP contribution in [0.2, 0.25) is 0 Å². The molecular formula is C10H9IOS. The van der Waals surface area contributed by atoms with E-state index in [2.05, 4.69) is 34.9 Å². The van der Waals surface area contributed by atoms with E-state index < -0.39 is 0 Å². The molecule has 0 unspecified atom stereocenters. The van der Waals surface area contributed by atoms with Crippen molar-refractivity contribution in [3.8, 4) is 5.75 Å². The number of phenols is 1. The maximum atomic E-state index is 9.46. The van der Waals surface area contributed by atoms with Crippen molar-refractivity contribution in [2.45, 2.75) is 13.3 Å². The minimum absolute atomic E-state index is 0.377. The summed E-state index contributed by atoms with van der Waals surface area (Å²) in [5, 5.41) is 12.9. The number of hydrogen-bond donors (Lipinski definition) is 1. The van der Waals surface area contributed by atoms with Crippen LogP contribution in [0.1, 0.15) is 12.5 Å². The zero-order valence-corrected chi connectivity index (χ0v) is 10.1. The average molecular weight is 304 g/mol. The fourth-order valence-electron chi connectivity index (χ4n) is 1.47. The Bertz CT molecular complexity index is 447. The summed E-state index contributed by atoms with van der Waals surface area (Å²) in [5.74, 6) is 0.377. The third kappa shape index (κ3) is 1.55. The summed E-state index contributed by atoms with van der Waals surface area (Å²) in [6.45, 7) is 2.11. The van der Waals surface area contributed by atoms with E-state index in [1.54, 1.807) is 11.3 Å². The van der Waals surface area contributed by atoms with Crippen LogP contribution in [0, 0.1) is 3.57 Å². The fourth-order valence-corrected chi connectivity index (χ4v) is 3.57. The first-order valence-electron chi connectivity index (χ1n) is 4.11. The van der Waals surface area contributed by atoms with Crippen molar-refractivity contribution in [1.29, 1.82) is 0 Å². The van der Waals surface area contributed by atoms with Crippen LogP contribution >= 0.6 is 33.9 Å². The standard InChI is InChI=1S/C10H9IOS/c1-2-6-3-7(12)4-9-10(6)8(11)5-13-9/h3-5,12H,2H2,1H3. The largest absolute Gasteiger partial charge is 0.508 e. The number of aromatic hydroxyl groups is 1. The molecule has 1 aromatic heterocycles. The number of rotatable bonds is 1. The number of hydrogen-bond acceptors (Lipinski definition) is 2. The van der Waals surface area contributed by atoms with E-state index >= 15 is 0 Å². The monoisotopic (exact) mass is 304 g/mol. The Labute approximate surface area is 94.5 Å². The summed E-state index contributed by atoms with van der Waals surface area (Å²) in [7, 11) is 0. The predicted octanol–water partition coefficient (Wildman–Crippen LogP) is 3.77. The van der Waals surface area contributed by atoms with Gasteiger partial charge in [-0.2, -0.15) is 0 Å². The SMILES string of the molecule is CCc1cc(O)cc2scc(I)c12. The maximum Gasteiger partial charge on any atom is 0.117 e. The molecule has 0 aliphatic heterocycles. The lowest BCUT2D eigenvalue weighted by molar-refractivity contribution is 0.475. The summed E-state index contributed by atoms with van der Waals surface area (Å²) in [6, 6.07) is 3.69. The van der Waals surface area contributed by atoms with Crippen molar-refractivity contribution in [3.05, 3.63) is 26.6 Å². The van der Waals surface area contributed by atoms with Gasteiger partial charge < -0.3 is 5.11 Å². The van der Waals surface area contributed by atoms with Crippen LogP contribution in [0.15, 0.2) is 17.5 Å². The minimum Gasteiger partial charge on any atom is -0.508 e. The van der Waals surface area contributed by atoms with Gasteiger partial charge in [-0.15, -0.1) is 11.3 Å². The summed E-state index contributed by atoms with van der Waals surface area (Å²) in [5.41, 5.74) is 1.24. The van der Waals surface area contributed by atoms with Gasteiger partial charge in [0.2, 0.25) is 0 Å². The number of aryl methyl sites for hydroxylation is 1. The summed E-state index contributed by atoms with van der Waals surface area (Å²) in [6.07, 6.45) is 0.970. The molecule has 1 heterocycles. The zero-order valence-electron chi connectivity index (χ0n) is 7.17. The molecule has 0 spiro atoms. The van der Waals surface area contributed by atoms with E-state index in [1.807, 2.05) is 12.1 Å². The molecule has 0 amide bonds. The highest BCUT2D eigenvalue weighted by atomic mass is 127. The molecule has 0 bridgehead atoms. The summed E-state index contributed by atoms with van der Waals surface area (Å²) >= 11 is 4.03. The molecule has 13 heavy (non-hydrogen) atoms.